The van der Waals surface area contributed by atoms with E-state index < -0.39 is 5.41 Å². The van der Waals surface area contributed by atoms with Crippen molar-refractivity contribution >= 4 is 5.78 Å². The van der Waals surface area contributed by atoms with Crippen LogP contribution in [0.1, 0.15) is 40.0 Å². The Labute approximate surface area is 102 Å². The molecule has 2 unspecified atom stereocenters. The molecule has 0 bridgehead atoms. The standard InChI is InChI=1S/C13H18N2O2/c1-8-5-6-11(16)9(2)13(8,4)7-12(17)10(3)15-14/h9H,1,5-7H2,2-4H3/p+1/b12-10-. The van der Waals surface area contributed by atoms with Gasteiger partial charge in [0.05, 0.1) is 0 Å². The fourth-order valence-corrected chi connectivity index (χ4v) is 2.25. The lowest BCUT2D eigenvalue weighted by atomic mass is 9.63. The number of nitrogens with zero attached hydrogens (tertiary/aromatic N) is 2. The highest BCUT2D eigenvalue weighted by atomic mass is 16.3. The molecular weight excluding hydrogens is 216 g/mol. The lowest BCUT2D eigenvalue weighted by molar-refractivity contribution is -0.127. The van der Waals surface area contributed by atoms with Crippen LogP contribution in [0.5, 0.6) is 0 Å². The van der Waals surface area contributed by atoms with Crippen LogP contribution in [0.25, 0.3) is 4.98 Å². The van der Waals surface area contributed by atoms with E-state index in [4.69, 9.17) is 5.39 Å². The lowest BCUT2D eigenvalue weighted by Gasteiger charge is -2.40. The minimum absolute atomic E-state index is 0.0118. The number of hydrogen-bond donors (Lipinski definition) is 1. The van der Waals surface area contributed by atoms with E-state index in [9.17, 15) is 9.90 Å². The highest BCUT2D eigenvalue weighted by Crippen LogP contribution is 2.46. The van der Waals surface area contributed by atoms with Crippen molar-refractivity contribution in [2.45, 2.75) is 40.0 Å². The predicted octanol–water partition coefficient (Wildman–Crippen LogP) is 3.58. The molecule has 0 radical (unpaired) electrons. The summed E-state index contributed by atoms with van der Waals surface area (Å²) in [5.41, 5.74) is 0.705. The summed E-state index contributed by atoms with van der Waals surface area (Å²) in [6, 6.07) is 0. The van der Waals surface area contributed by atoms with Gasteiger partial charge < -0.3 is 5.11 Å². The van der Waals surface area contributed by atoms with Gasteiger partial charge in [-0.3, -0.25) is 4.79 Å². The average molecular weight is 235 g/mol. The first-order chi connectivity index (χ1) is 7.82. The van der Waals surface area contributed by atoms with E-state index in [0.717, 1.165) is 5.57 Å². The van der Waals surface area contributed by atoms with Crippen LogP contribution in [0.4, 0.5) is 0 Å². The number of hydrogen-bond acceptors (Lipinski definition) is 3. The number of allylic oxidation sites excluding steroid dienone is 3. The molecule has 0 aromatic rings. The summed E-state index contributed by atoms with van der Waals surface area (Å²) >= 11 is 0. The molecule has 2 atom stereocenters. The van der Waals surface area contributed by atoms with Gasteiger partial charge in [-0.25, -0.2) is 0 Å². The van der Waals surface area contributed by atoms with Crippen molar-refractivity contribution in [3.63, 3.8) is 0 Å². The summed E-state index contributed by atoms with van der Waals surface area (Å²) in [4.78, 5) is 14.7. The second-order valence-corrected chi connectivity index (χ2v) is 5.02. The van der Waals surface area contributed by atoms with Gasteiger partial charge in [-0.1, -0.05) is 26.0 Å². The third-order valence-electron chi connectivity index (χ3n) is 4.02. The Kier molecular flexibility index (Phi) is 3.72. The van der Waals surface area contributed by atoms with Crippen molar-refractivity contribution in [3.05, 3.63) is 28.6 Å². The quantitative estimate of drug-likeness (QED) is 0.452. The van der Waals surface area contributed by atoms with Gasteiger partial charge in [0.25, 0.3) is 0 Å². The molecule has 4 nitrogen and oxygen atoms in total. The van der Waals surface area contributed by atoms with Crippen LogP contribution in [-0.4, -0.2) is 10.9 Å². The molecule has 0 saturated heterocycles. The summed E-state index contributed by atoms with van der Waals surface area (Å²) in [5, 5.41) is 18.5. The van der Waals surface area contributed by atoms with Crippen LogP contribution < -0.4 is 0 Å². The highest BCUT2D eigenvalue weighted by Gasteiger charge is 2.42. The average Bonchev–Trinajstić information content (AvgIpc) is 2.31. The highest BCUT2D eigenvalue weighted by molar-refractivity contribution is 5.83. The van der Waals surface area contributed by atoms with Crippen molar-refractivity contribution in [2.75, 3.05) is 0 Å². The Bertz CT molecular complexity index is 431. The van der Waals surface area contributed by atoms with E-state index in [1.165, 1.54) is 6.92 Å². The van der Waals surface area contributed by atoms with Crippen molar-refractivity contribution in [3.8, 4) is 0 Å². The largest absolute Gasteiger partial charge is 0.505 e. The molecule has 0 amide bonds. The van der Waals surface area contributed by atoms with Gasteiger partial charge in [0.2, 0.25) is 5.39 Å². The first-order valence-corrected chi connectivity index (χ1v) is 5.77. The molecule has 92 valence electrons. The lowest BCUT2D eigenvalue weighted by Crippen LogP contribution is -2.37. The zero-order valence-corrected chi connectivity index (χ0v) is 10.7. The summed E-state index contributed by atoms with van der Waals surface area (Å²) in [6.45, 7) is 9.33. The van der Waals surface area contributed by atoms with Gasteiger partial charge in [0.15, 0.2) is 10.7 Å². The summed E-state index contributed by atoms with van der Waals surface area (Å²) in [7, 11) is 0. The number of aliphatic hydroxyl groups excluding tert-OH is 1. The van der Waals surface area contributed by atoms with E-state index in [2.05, 4.69) is 11.6 Å². The summed E-state index contributed by atoms with van der Waals surface area (Å²) < 4.78 is 0. The molecule has 0 aliphatic heterocycles. The molecule has 0 spiro atoms. The Hall–Kier alpha value is -1.63. The van der Waals surface area contributed by atoms with Crippen LogP contribution in [0, 0.1) is 16.7 Å². The Balaban J connectivity index is 3.04. The Morgan fingerprint density at radius 3 is 2.76 bits per heavy atom. The number of rotatable bonds is 2. The second kappa shape index (κ2) is 4.70. The monoisotopic (exact) mass is 235 g/mol. The van der Waals surface area contributed by atoms with Crippen molar-refractivity contribution in [2.24, 2.45) is 11.3 Å². The van der Waals surface area contributed by atoms with E-state index in [0.29, 0.717) is 12.8 Å². The van der Waals surface area contributed by atoms with Crippen molar-refractivity contribution < 1.29 is 9.90 Å². The predicted molar refractivity (Wildman–Crippen MR) is 65.7 cm³/mol. The molecule has 1 N–H and O–H groups in total. The van der Waals surface area contributed by atoms with Crippen LogP contribution in [0.15, 0.2) is 23.6 Å². The Morgan fingerprint density at radius 2 is 2.24 bits per heavy atom. The van der Waals surface area contributed by atoms with E-state index >= 15 is 0 Å². The summed E-state index contributed by atoms with van der Waals surface area (Å²) in [6.07, 6.45) is 1.49. The van der Waals surface area contributed by atoms with E-state index in [1.807, 2.05) is 13.8 Å². The molecule has 1 aliphatic rings. The van der Waals surface area contributed by atoms with Crippen molar-refractivity contribution in [1.82, 2.24) is 0 Å². The minimum atomic E-state index is -0.453. The third kappa shape index (κ3) is 2.38. The van der Waals surface area contributed by atoms with Gasteiger partial charge in [-0.05, 0) is 6.42 Å². The van der Waals surface area contributed by atoms with Gasteiger partial charge in [-0.15, -0.1) is 0 Å². The number of ketones is 1. The normalized spacial score (nSPS) is 30.8. The molecule has 1 aliphatic carbocycles. The maximum absolute atomic E-state index is 11.8. The third-order valence-corrected chi connectivity index (χ3v) is 4.02. The number of Topliss-reactive ketones (excluding diaryl/α,β-unsaturated/α-hetero) is 1. The summed E-state index contributed by atoms with van der Waals surface area (Å²) in [5.74, 6) is 0.0429. The fourth-order valence-electron chi connectivity index (χ4n) is 2.25. The minimum Gasteiger partial charge on any atom is -0.505 e. The molecule has 1 fully saturated rings. The smallest absolute Gasteiger partial charge is 0.395 e. The SMILES string of the molecule is C=C1CCC(=O)C(C)C1(C)C/C(O)=C(\C)[N+]#N. The zero-order chi connectivity index (χ0) is 13.2. The topological polar surface area (TPSA) is 65.4 Å². The Morgan fingerprint density at radius 1 is 1.65 bits per heavy atom. The van der Waals surface area contributed by atoms with Crippen molar-refractivity contribution in [1.29, 1.82) is 5.39 Å². The number of diazo groups is 1. The first-order valence-electron chi connectivity index (χ1n) is 5.77. The molecule has 1 rings (SSSR count). The molecule has 0 aromatic carbocycles. The molecule has 17 heavy (non-hydrogen) atoms. The second-order valence-electron chi connectivity index (χ2n) is 5.02. The molecular formula is C13H19N2O2+. The molecule has 0 heterocycles. The van der Waals surface area contributed by atoms with Gasteiger partial charge in [-0.2, -0.15) is 0 Å². The van der Waals surface area contributed by atoms with Crippen LogP contribution in [0.3, 0.4) is 0 Å². The molecule has 1 saturated carbocycles. The number of carbonyl (C=O) groups excluding carboxylic acids is 1. The fraction of sp³-hybridized carbons (Fsp3) is 0.615. The zero-order valence-electron chi connectivity index (χ0n) is 10.7. The van der Waals surface area contributed by atoms with E-state index in [-0.39, 0.29) is 29.6 Å². The maximum atomic E-state index is 11.8. The number of carbonyl (C=O) groups is 1. The maximum Gasteiger partial charge on any atom is 0.395 e. The number of aliphatic hydroxyl groups is 1. The van der Waals surface area contributed by atoms with E-state index in [1.54, 1.807) is 0 Å². The first kappa shape index (κ1) is 13.4. The van der Waals surface area contributed by atoms with Crippen LogP contribution >= 0.6 is 0 Å². The van der Waals surface area contributed by atoms with Crippen LogP contribution in [-0.2, 0) is 4.79 Å². The van der Waals surface area contributed by atoms with Gasteiger partial charge >= 0.3 is 5.70 Å². The van der Waals surface area contributed by atoms with Gasteiger partial charge in [0.1, 0.15) is 5.78 Å². The van der Waals surface area contributed by atoms with Gasteiger partial charge in [0, 0.05) is 31.1 Å². The molecule has 0 aromatic heterocycles. The molecule has 4 heteroatoms. The van der Waals surface area contributed by atoms with Crippen LogP contribution in [0.2, 0.25) is 0 Å².